The molecule has 0 spiro atoms. The summed E-state index contributed by atoms with van der Waals surface area (Å²) in [5.74, 6) is -0.339. The lowest BCUT2D eigenvalue weighted by Gasteiger charge is -2.10. The number of nitrogens with one attached hydrogen (secondary N) is 2. The fourth-order valence-corrected chi connectivity index (χ4v) is 3.47. The second kappa shape index (κ2) is 7.22. The number of para-hydroxylation sites is 1. The van der Waals surface area contributed by atoms with Gasteiger partial charge in [0.05, 0.1) is 22.1 Å². The van der Waals surface area contributed by atoms with Crippen LogP contribution in [0.15, 0.2) is 77.4 Å². The predicted octanol–water partition coefficient (Wildman–Crippen LogP) is 4.30. The number of rotatable bonds is 4. The molecule has 0 radical (unpaired) electrons. The van der Waals surface area contributed by atoms with Crippen LogP contribution in [0.1, 0.15) is 0 Å². The highest BCUT2D eigenvalue weighted by atomic mass is 35.5. The SMILES string of the molecule is C=C1NN(c2nc(-c3ccccc3)cs2)C(=O)/C1=N/Nc1ccccc1Cl. The number of amides is 1. The molecule has 4 rings (SSSR count). The molecule has 2 aromatic carbocycles. The number of hydrazone groups is 1. The van der Waals surface area contributed by atoms with Gasteiger partial charge in [-0.05, 0) is 12.1 Å². The first-order chi connectivity index (χ1) is 13.1. The van der Waals surface area contributed by atoms with Gasteiger partial charge in [0.15, 0.2) is 5.71 Å². The smallest absolute Gasteiger partial charge is 0.287 e. The van der Waals surface area contributed by atoms with Gasteiger partial charge in [-0.15, -0.1) is 11.3 Å². The number of aromatic nitrogens is 1. The summed E-state index contributed by atoms with van der Waals surface area (Å²) in [6.07, 6.45) is 0. The first-order valence-electron chi connectivity index (χ1n) is 8.03. The van der Waals surface area contributed by atoms with Crippen molar-refractivity contribution < 1.29 is 4.79 Å². The molecule has 1 aliphatic rings. The van der Waals surface area contributed by atoms with E-state index in [0.29, 0.717) is 21.5 Å². The lowest BCUT2D eigenvalue weighted by Crippen LogP contribution is -2.34. The fourth-order valence-electron chi connectivity index (χ4n) is 2.50. The summed E-state index contributed by atoms with van der Waals surface area (Å²) < 4.78 is 0. The van der Waals surface area contributed by atoms with E-state index >= 15 is 0 Å². The Bertz CT molecular complexity index is 1050. The van der Waals surface area contributed by atoms with E-state index in [-0.39, 0.29) is 11.6 Å². The van der Waals surface area contributed by atoms with Crippen LogP contribution in [0.25, 0.3) is 11.3 Å². The molecule has 0 atom stereocenters. The topological polar surface area (TPSA) is 69.6 Å². The van der Waals surface area contributed by atoms with Crippen molar-refractivity contribution in [1.82, 2.24) is 10.4 Å². The third kappa shape index (κ3) is 3.42. The Labute approximate surface area is 164 Å². The van der Waals surface area contributed by atoms with Crippen molar-refractivity contribution >= 4 is 45.4 Å². The Balaban J connectivity index is 1.56. The van der Waals surface area contributed by atoms with Crippen molar-refractivity contribution in [3.63, 3.8) is 0 Å². The van der Waals surface area contributed by atoms with E-state index in [1.807, 2.05) is 47.8 Å². The van der Waals surface area contributed by atoms with E-state index in [9.17, 15) is 4.79 Å². The highest BCUT2D eigenvalue weighted by Gasteiger charge is 2.34. The Morgan fingerprint density at radius 3 is 2.67 bits per heavy atom. The maximum absolute atomic E-state index is 12.7. The van der Waals surface area contributed by atoms with Crippen LogP contribution >= 0.6 is 22.9 Å². The van der Waals surface area contributed by atoms with Crippen molar-refractivity contribution in [2.24, 2.45) is 5.10 Å². The monoisotopic (exact) mass is 395 g/mol. The fraction of sp³-hybridized carbons (Fsp3) is 0. The van der Waals surface area contributed by atoms with Crippen LogP contribution in [0.5, 0.6) is 0 Å². The standard InChI is InChI=1S/C19H14ClN5OS/c1-12-17(23-22-15-10-6-5-9-14(15)20)18(26)25(24-12)19-21-16(11-27-19)13-7-3-2-4-8-13/h2-11,22,24H,1H2/b23-17+. The molecular formula is C19H14ClN5OS. The van der Waals surface area contributed by atoms with Crippen molar-refractivity contribution in [3.05, 3.63) is 77.3 Å². The molecule has 1 amide bonds. The minimum Gasteiger partial charge on any atom is -0.287 e. The van der Waals surface area contributed by atoms with Crippen LogP contribution in [0.4, 0.5) is 10.8 Å². The molecule has 134 valence electrons. The number of halogens is 1. The molecule has 8 heteroatoms. The summed E-state index contributed by atoms with van der Waals surface area (Å²) in [6, 6.07) is 16.9. The number of carbonyl (C=O) groups excluding carboxylic acids is 1. The number of thiazole rings is 1. The molecule has 6 nitrogen and oxygen atoms in total. The van der Waals surface area contributed by atoms with E-state index in [1.54, 1.807) is 12.1 Å². The molecule has 1 fully saturated rings. The van der Waals surface area contributed by atoms with E-state index in [1.165, 1.54) is 16.3 Å². The van der Waals surface area contributed by atoms with Gasteiger partial charge in [0.1, 0.15) is 0 Å². The van der Waals surface area contributed by atoms with Gasteiger partial charge in [-0.2, -0.15) is 10.1 Å². The zero-order valence-electron chi connectivity index (χ0n) is 14.0. The number of hydrogen-bond acceptors (Lipinski definition) is 6. The molecule has 0 saturated carbocycles. The maximum atomic E-state index is 12.7. The molecule has 2 heterocycles. The second-order valence-electron chi connectivity index (χ2n) is 5.66. The van der Waals surface area contributed by atoms with Gasteiger partial charge in [-0.25, -0.2) is 4.98 Å². The van der Waals surface area contributed by atoms with E-state index in [0.717, 1.165) is 11.3 Å². The van der Waals surface area contributed by atoms with Crippen LogP contribution < -0.4 is 15.9 Å². The number of anilines is 2. The number of nitrogens with zero attached hydrogens (tertiary/aromatic N) is 3. The average molecular weight is 396 g/mol. The quantitative estimate of drug-likeness (QED) is 0.646. The number of hydrogen-bond donors (Lipinski definition) is 2. The number of carbonyl (C=O) groups is 1. The Kier molecular flexibility index (Phi) is 4.62. The summed E-state index contributed by atoms with van der Waals surface area (Å²) in [6.45, 7) is 3.86. The first kappa shape index (κ1) is 17.3. The van der Waals surface area contributed by atoms with Crippen molar-refractivity contribution in [2.45, 2.75) is 0 Å². The van der Waals surface area contributed by atoms with Gasteiger partial charge in [0.2, 0.25) is 5.13 Å². The molecule has 0 unspecified atom stereocenters. The van der Waals surface area contributed by atoms with Gasteiger partial charge in [0, 0.05) is 10.9 Å². The maximum Gasteiger partial charge on any atom is 0.301 e. The van der Waals surface area contributed by atoms with Crippen LogP contribution in [0, 0.1) is 0 Å². The molecule has 27 heavy (non-hydrogen) atoms. The van der Waals surface area contributed by atoms with Gasteiger partial charge in [-0.1, -0.05) is 60.6 Å². The molecule has 1 saturated heterocycles. The van der Waals surface area contributed by atoms with Crippen molar-refractivity contribution in [2.75, 3.05) is 10.4 Å². The summed E-state index contributed by atoms with van der Waals surface area (Å²) >= 11 is 7.45. The van der Waals surface area contributed by atoms with Gasteiger partial charge >= 0.3 is 5.91 Å². The van der Waals surface area contributed by atoms with Gasteiger partial charge < -0.3 is 0 Å². The Morgan fingerprint density at radius 2 is 1.89 bits per heavy atom. The summed E-state index contributed by atoms with van der Waals surface area (Å²) in [5.41, 5.74) is 8.68. The Hall–Kier alpha value is -3.16. The lowest BCUT2D eigenvalue weighted by molar-refractivity contribution is -0.112. The molecule has 0 aliphatic carbocycles. The van der Waals surface area contributed by atoms with Crippen molar-refractivity contribution in [1.29, 1.82) is 0 Å². The lowest BCUT2D eigenvalue weighted by atomic mass is 10.2. The predicted molar refractivity (Wildman–Crippen MR) is 110 cm³/mol. The molecule has 0 bridgehead atoms. The highest BCUT2D eigenvalue weighted by Crippen LogP contribution is 2.29. The minimum absolute atomic E-state index is 0.173. The summed E-state index contributed by atoms with van der Waals surface area (Å²) in [5, 5.41) is 8.43. The zero-order chi connectivity index (χ0) is 18.8. The van der Waals surface area contributed by atoms with Gasteiger partial charge in [-0.3, -0.25) is 15.6 Å². The largest absolute Gasteiger partial charge is 0.301 e. The summed E-state index contributed by atoms with van der Waals surface area (Å²) in [7, 11) is 0. The minimum atomic E-state index is -0.339. The molecular weight excluding hydrogens is 382 g/mol. The second-order valence-corrected chi connectivity index (χ2v) is 6.91. The third-order valence-corrected chi connectivity index (χ3v) is 5.01. The number of hydrazine groups is 1. The van der Waals surface area contributed by atoms with Crippen LogP contribution in [-0.2, 0) is 4.79 Å². The molecule has 3 aromatic rings. The van der Waals surface area contributed by atoms with Crippen LogP contribution in [0.3, 0.4) is 0 Å². The number of benzene rings is 2. The first-order valence-corrected chi connectivity index (χ1v) is 9.29. The zero-order valence-corrected chi connectivity index (χ0v) is 15.6. The van der Waals surface area contributed by atoms with Crippen LogP contribution in [0.2, 0.25) is 5.02 Å². The Morgan fingerprint density at radius 1 is 1.15 bits per heavy atom. The van der Waals surface area contributed by atoms with E-state index in [2.05, 4.69) is 27.5 Å². The highest BCUT2D eigenvalue weighted by molar-refractivity contribution is 7.14. The third-order valence-electron chi connectivity index (χ3n) is 3.85. The average Bonchev–Trinajstić information content (AvgIpc) is 3.27. The molecule has 1 aliphatic heterocycles. The normalized spacial score (nSPS) is 15.3. The summed E-state index contributed by atoms with van der Waals surface area (Å²) in [4.78, 5) is 17.3. The van der Waals surface area contributed by atoms with Crippen LogP contribution in [-0.4, -0.2) is 16.6 Å². The molecule has 1 aromatic heterocycles. The van der Waals surface area contributed by atoms with E-state index in [4.69, 9.17) is 11.6 Å². The van der Waals surface area contributed by atoms with Crippen molar-refractivity contribution in [3.8, 4) is 11.3 Å². The van der Waals surface area contributed by atoms with Gasteiger partial charge in [0.25, 0.3) is 0 Å². The molecule has 2 N–H and O–H groups in total. The van der Waals surface area contributed by atoms with E-state index < -0.39 is 0 Å².